The summed E-state index contributed by atoms with van der Waals surface area (Å²) in [6, 6.07) is 0. The third-order valence-electron chi connectivity index (χ3n) is 3.33. The molecule has 0 amide bonds. The Labute approximate surface area is 128 Å². The Balaban J connectivity index is 1.99. The number of nitrogens with one attached hydrogen (secondary N) is 1. The van der Waals surface area contributed by atoms with Crippen LogP contribution < -0.4 is 4.72 Å². The maximum atomic E-state index is 12.1. The van der Waals surface area contributed by atoms with Gasteiger partial charge in [0.15, 0.2) is 5.13 Å². The van der Waals surface area contributed by atoms with Crippen molar-refractivity contribution in [1.82, 2.24) is 9.29 Å². The summed E-state index contributed by atoms with van der Waals surface area (Å²) in [7, 11) is -1.00. The van der Waals surface area contributed by atoms with E-state index in [0.29, 0.717) is 5.13 Å². The van der Waals surface area contributed by atoms with E-state index in [-0.39, 0.29) is 13.0 Å². The molecule has 2 rings (SSSR count). The first kappa shape index (κ1) is 16.2. The molecule has 1 aromatic heterocycles. The van der Waals surface area contributed by atoms with Gasteiger partial charge in [0.25, 0.3) is 0 Å². The Kier molecular flexibility index (Phi) is 5.17. The van der Waals surface area contributed by atoms with Crippen molar-refractivity contribution in [3.05, 3.63) is 10.6 Å². The van der Waals surface area contributed by atoms with E-state index < -0.39 is 16.2 Å². The van der Waals surface area contributed by atoms with E-state index in [9.17, 15) is 13.2 Å². The summed E-state index contributed by atoms with van der Waals surface area (Å²) in [6.45, 7) is 0.0626. The Bertz CT molecular complexity index is 589. The number of esters is 1. The Morgan fingerprint density at radius 3 is 2.81 bits per heavy atom. The molecule has 0 fully saturated rings. The number of rotatable bonds is 6. The van der Waals surface area contributed by atoms with Crippen molar-refractivity contribution in [3.63, 3.8) is 0 Å². The fraction of sp³-hybridized carbons (Fsp3) is 0.667. The molecule has 0 aliphatic heterocycles. The zero-order chi connectivity index (χ0) is 15.5. The zero-order valence-electron chi connectivity index (χ0n) is 12.1. The molecule has 1 heterocycles. The minimum absolute atomic E-state index is 0.0161. The zero-order valence-corrected chi connectivity index (χ0v) is 13.7. The average molecular weight is 333 g/mol. The maximum Gasteiger partial charge on any atom is 0.306 e. The number of hydrogen-bond donors (Lipinski definition) is 1. The molecule has 0 unspecified atom stereocenters. The van der Waals surface area contributed by atoms with Gasteiger partial charge in [0.05, 0.1) is 19.2 Å². The van der Waals surface area contributed by atoms with E-state index in [1.165, 1.54) is 25.5 Å². The number of carbonyl (C=O) groups is 1. The van der Waals surface area contributed by atoms with Gasteiger partial charge in [-0.05, 0) is 25.7 Å². The number of thiazole rings is 1. The van der Waals surface area contributed by atoms with E-state index in [1.807, 2.05) is 0 Å². The van der Waals surface area contributed by atoms with Gasteiger partial charge >= 0.3 is 16.2 Å². The highest BCUT2D eigenvalue weighted by atomic mass is 32.2. The summed E-state index contributed by atoms with van der Waals surface area (Å²) in [4.78, 5) is 16.6. The van der Waals surface area contributed by atoms with E-state index in [1.54, 1.807) is 0 Å². The fourth-order valence-corrected chi connectivity index (χ4v) is 4.19. The number of aryl methyl sites for hydroxylation is 2. The molecular weight excluding hydrogens is 314 g/mol. The standard InChI is InChI=1S/C12H19N3O4S2/c1-15(8-7-11(16)19-2)21(17,18)14-12-13-9-5-3-4-6-10(9)20-12/h3-8H2,1-2H3,(H,13,14). The van der Waals surface area contributed by atoms with Gasteiger partial charge in [-0.3, -0.25) is 4.79 Å². The number of methoxy groups -OCH3 is 1. The largest absolute Gasteiger partial charge is 0.469 e. The van der Waals surface area contributed by atoms with Crippen molar-refractivity contribution in [2.24, 2.45) is 0 Å². The number of hydrogen-bond acceptors (Lipinski definition) is 6. The smallest absolute Gasteiger partial charge is 0.306 e. The van der Waals surface area contributed by atoms with Gasteiger partial charge < -0.3 is 4.74 Å². The predicted octanol–water partition coefficient (Wildman–Crippen LogP) is 1.17. The van der Waals surface area contributed by atoms with E-state index in [4.69, 9.17) is 0 Å². The topological polar surface area (TPSA) is 88.6 Å². The second-order valence-corrected chi connectivity index (χ2v) is 7.71. The second kappa shape index (κ2) is 6.71. The lowest BCUT2D eigenvalue weighted by molar-refractivity contribution is -0.140. The number of fused-ring (bicyclic) bond motifs is 1. The van der Waals surface area contributed by atoms with Crippen LogP contribution in [0.4, 0.5) is 5.13 Å². The highest BCUT2D eigenvalue weighted by Crippen LogP contribution is 2.30. The summed E-state index contributed by atoms with van der Waals surface area (Å²) in [5.74, 6) is -0.443. The van der Waals surface area contributed by atoms with Crippen LogP contribution in [0.1, 0.15) is 29.8 Å². The van der Waals surface area contributed by atoms with Crippen LogP contribution in [-0.2, 0) is 32.6 Å². The van der Waals surface area contributed by atoms with Crippen LogP contribution in [0, 0.1) is 0 Å². The first-order chi connectivity index (χ1) is 9.92. The third kappa shape index (κ3) is 4.14. The summed E-state index contributed by atoms with van der Waals surface area (Å²) < 4.78 is 32.3. The van der Waals surface area contributed by atoms with Crippen molar-refractivity contribution >= 4 is 32.6 Å². The number of anilines is 1. The molecule has 0 bridgehead atoms. The number of aromatic nitrogens is 1. The van der Waals surface area contributed by atoms with Crippen LogP contribution in [-0.4, -0.2) is 44.4 Å². The normalized spacial score (nSPS) is 14.8. The van der Waals surface area contributed by atoms with Crippen molar-refractivity contribution in [2.75, 3.05) is 25.4 Å². The van der Waals surface area contributed by atoms with Crippen molar-refractivity contribution in [1.29, 1.82) is 0 Å². The average Bonchev–Trinajstić information content (AvgIpc) is 2.85. The predicted molar refractivity (Wildman–Crippen MR) is 80.6 cm³/mol. The number of ether oxygens (including phenoxy) is 1. The highest BCUT2D eigenvalue weighted by molar-refractivity contribution is 7.90. The molecule has 118 valence electrons. The van der Waals surface area contributed by atoms with Gasteiger partial charge in [-0.15, -0.1) is 11.3 Å². The van der Waals surface area contributed by atoms with Crippen molar-refractivity contribution < 1.29 is 17.9 Å². The summed E-state index contributed by atoms with van der Waals surface area (Å²) in [6.07, 6.45) is 4.11. The molecule has 21 heavy (non-hydrogen) atoms. The molecule has 1 N–H and O–H groups in total. The third-order valence-corrected chi connectivity index (χ3v) is 5.99. The molecule has 7 nitrogen and oxygen atoms in total. The van der Waals surface area contributed by atoms with E-state index in [0.717, 1.165) is 40.6 Å². The molecule has 1 aromatic rings. The van der Waals surface area contributed by atoms with Crippen LogP contribution in [0.15, 0.2) is 0 Å². The van der Waals surface area contributed by atoms with Gasteiger partial charge in [0, 0.05) is 18.5 Å². The molecule has 0 spiro atoms. The van der Waals surface area contributed by atoms with Gasteiger partial charge in [0.1, 0.15) is 0 Å². The lowest BCUT2D eigenvalue weighted by Gasteiger charge is -2.16. The molecule has 1 aliphatic carbocycles. The van der Waals surface area contributed by atoms with Crippen molar-refractivity contribution in [2.45, 2.75) is 32.1 Å². The minimum Gasteiger partial charge on any atom is -0.469 e. The number of nitrogens with zero attached hydrogens (tertiary/aromatic N) is 2. The summed E-state index contributed by atoms with van der Waals surface area (Å²) >= 11 is 1.39. The van der Waals surface area contributed by atoms with Crippen molar-refractivity contribution in [3.8, 4) is 0 Å². The van der Waals surface area contributed by atoms with Gasteiger partial charge in [-0.25, -0.2) is 9.71 Å². The Hall–Kier alpha value is -1.19. The maximum absolute atomic E-state index is 12.1. The van der Waals surface area contributed by atoms with Crippen LogP contribution in [0.5, 0.6) is 0 Å². The molecule has 0 saturated heterocycles. The van der Waals surface area contributed by atoms with Crippen LogP contribution in [0.3, 0.4) is 0 Å². The molecule has 0 atom stereocenters. The van der Waals surface area contributed by atoms with Crippen LogP contribution >= 0.6 is 11.3 Å². The SMILES string of the molecule is COC(=O)CCN(C)S(=O)(=O)Nc1nc2c(s1)CCCC2. The second-order valence-electron chi connectivity index (χ2n) is 4.85. The first-order valence-electron chi connectivity index (χ1n) is 6.72. The van der Waals surface area contributed by atoms with Gasteiger partial charge in [0.2, 0.25) is 0 Å². The lowest BCUT2D eigenvalue weighted by Crippen LogP contribution is -2.34. The lowest BCUT2D eigenvalue weighted by atomic mass is 10.0. The minimum atomic E-state index is -3.69. The van der Waals surface area contributed by atoms with E-state index in [2.05, 4.69) is 14.4 Å². The molecular formula is C12H19N3O4S2. The quantitative estimate of drug-likeness (QED) is 0.790. The molecule has 0 aromatic carbocycles. The number of carbonyl (C=O) groups excluding carboxylic acids is 1. The summed E-state index contributed by atoms with van der Waals surface area (Å²) in [5.41, 5.74) is 1.00. The Morgan fingerprint density at radius 2 is 2.14 bits per heavy atom. The van der Waals surface area contributed by atoms with Crippen LogP contribution in [0.2, 0.25) is 0 Å². The molecule has 1 aliphatic rings. The fourth-order valence-electron chi connectivity index (χ4n) is 2.05. The first-order valence-corrected chi connectivity index (χ1v) is 8.97. The highest BCUT2D eigenvalue weighted by Gasteiger charge is 2.22. The van der Waals surface area contributed by atoms with Gasteiger partial charge in [-0.1, -0.05) is 0 Å². The van der Waals surface area contributed by atoms with Crippen LogP contribution in [0.25, 0.3) is 0 Å². The van der Waals surface area contributed by atoms with Gasteiger partial charge in [-0.2, -0.15) is 12.7 Å². The Morgan fingerprint density at radius 1 is 1.43 bits per heavy atom. The molecule has 0 saturated carbocycles. The van der Waals surface area contributed by atoms with E-state index >= 15 is 0 Å². The monoisotopic (exact) mass is 333 g/mol. The molecule has 0 radical (unpaired) electrons. The molecule has 9 heteroatoms. The summed E-state index contributed by atoms with van der Waals surface area (Å²) in [5, 5.41) is 0.395.